The van der Waals surface area contributed by atoms with Gasteiger partial charge in [0.05, 0.1) is 21.1 Å². The number of thiophene rings is 1. The molecule has 0 aromatic carbocycles. The zero-order valence-electron chi connectivity index (χ0n) is 11.7. The lowest BCUT2D eigenvalue weighted by Crippen LogP contribution is -2.01. The van der Waals surface area contributed by atoms with Crippen LogP contribution >= 0.6 is 11.3 Å². The summed E-state index contributed by atoms with van der Waals surface area (Å²) in [4.78, 5) is 11.8. The largest absolute Gasteiger partial charge is 0.255 e. The van der Waals surface area contributed by atoms with Crippen molar-refractivity contribution in [3.63, 3.8) is 0 Å². The number of hydrogen-bond donors (Lipinski definition) is 0. The van der Waals surface area contributed by atoms with Gasteiger partial charge in [-0.2, -0.15) is 0 Å². The Morgan fingerprint density at radius 2 is 1.24 bits per heavy atom. The average molecular weight is 292 g/mol. The molecule has 0 radical (unpaired) electrons. The highest BCUT2D eigenvalue weighted by Gasteiger charge is 2.23. The van der Waals surface area contributed by atoms with Gasteiger partial charge in [0.25, 0.3) is 0 Å². The van der Waals surface area contributed by atoms with Crippen molar-refractivity contribution >= 4 is 11.3 Å². The fourth-order valence-electron chi connectivity index (χ4n) is 3.04. The fourth-order valence-corrected chi connectivity index (χ4v) is 4.39. The van der Waals surface area contributed by atoms with Crippen LogP contribution in [-0.4, -0.2) is 9.97 Å². The van der Waals surface area contributed by atoms with Crippen LogP contribution in [0.5, 0.6) is 0 Å². The van der Waals surface area contributed by atoms with Crippen LogP contribution in [0, 0.1) is 0 Å². The minimum atomic E-state index is 1.10. The van der Waals surface area contributed by atoms with Gasteiger partial charge in [-0.3, -0.25) is 9.97 Å². The molecule has 0 N–H and O–H groups in total. The van der Waals surface area contributed by atoms with E-state index >= 15 is 0 Å². The smallest absolute Gasteiger partial charge is 0.0804 e. The van der Waals surface area contributed by atoms with Crippen molar-refractivity contribution in [3.05, 3.63) is 59.9 Å². The predicted octanol–water partition coefficient (Wildman–Crippen LogP) is 4.75. The molecule has 0 saturated heterocycles. The summed E-state index contributed by atoms with van der Waals surface area (Å²) in [7, 11) is 0. The van der Waals surface area contributed by atoms with Gasteiger partial charge in [0.1, 0.15) is 0 Å². The maximum Gasteiger partial charge on any atom is 0.0804 e. The molecule has 3 aromatic rings. The Bertz CT molecular complexity index is 684. The van der Waals surface area contributed by atoms with E-state index in [0.29, 0.717) is 0 Å². The predicted molar refractivity (Wildman–Crippen MR) is 87.4 cm³/mol. The number of rotatable bonds is 2. The van der Waals surface area contributed by atoms with Crippen LogP contribution in [-0.2, 0) is 12.8 Å². The van der Waals surface area contributed by atoms with E-state index in [1.54, 1.807) is 0 Å². The number of hydrogen-bond acceptors (Lipinski definition) is 3. The third-order valence-electron chi connectivity index (χ3n) is 4.02. The molecular formula is C18H16N2S. The molecule has 3 aromatic heterocycles. The van der Waals surface area contributed by atoms with Crippen molar-refractivity contribution in [1.82, 2.24) is 9.97 Å². The van der Waals surface area contributed by atoms with Gasteiger partial charge in [-0.15, -0.1) is 11.3 Å². The first-order valence-electron chi connectivity index (χ1n) is 7.41. The molecule has 0 atom stereocenters. The topological polar surface area (TPSA) is 25.8 Å². The first kappa shape index (κ1) is 12.7. The zero-order valence-corrected chi connectivity index (χ0v) is 12.6. The quantitative estimate of drug-likeness (QED) is 0.681. The molecule has 0 fully saturated rings. The highest BCUT2D eigenvalue weighted by molar-refractivity contribution is 7.19. The average Bonchev–Trinajstić information content (AvgIpc) is 2.96. The second-order valence-electron chi connectivity index (χ2n) is 5.35. The minimum absolute atomic E-state index is 1.10. The van der Waals surface area contributed by atoms with Crippen LogP contribution in [0.25, 0.3) is 21.1 Å². The van der Waals surface area contributed by atoms with Crippen LogP contribution < -0.4 is 0 Å². The molecule has 1 aliphatic carbocycles. The molecule has 0 unspecified atom stereocenters. The van der Waals surface area contributed by atoms with E-state index < -0.39 is 0 Å². The zero-order chi connectivity index (χ0) is 14.1. The normalized spacial score (nSPS) is 13.9. The van der Waals surface area contributed by atoms with Crippen LogP contribution in [0.15, 0.2) is 48.8 Å². The summed E-state index contributed by atoms with van der Waals surface area (Å²) in [6.07, 6.45) is 8.67. The second kappa shape index (κ2) is 5.41. The second-order valence-corrected chi connectivity index (χ2v) is 6.38. The highest BCUT2D eigenvalue weighted by atomic mass is 32.1. The molecule has 0 amide bonds. The molecule has 21 heavy (non-hydrogen) atoms. The van der Waals surface area contributed by atoms with Gasteiger partial charge in [0, 0.05) is 12.4 Å². The minimum Gasteiger partial charge on any atom is -0.255 e. The Hall–Kier alpha value is -2.00. The van der Waals surface area contributed by atoms with E-state index in [2.05, 4.69) is 34.2 Å². The van der Waals surface area contributed by atoms with Gasteiger partial charge in [0.15, 0.2) is 0 Å². The molecule has 3 heteroatoms. The number of aromatic nitrogens is 2. The number of pyridine rings is 2. The summed E-state index contributed by atoms with van der Waals surface area (Å²) in [5, 5.41) is 0. The summed E-state index contributed by atoms with van der Waals surface area (Å²) < 4.78 is 0. The van der Waals surface area contributed by atoms with Crippen molar-refractivity contribution in [3.8, 4) is 21.1 Å². The maximum absolute atomic E-state index is 4.55. The molecule has 3 heterocycles. The lowest BCUT2D eigenvalue weighted by molar-refractivity contribution is 0.691. The Morgan fingerprint density at radius 3 is 1.67 bits per heavy atom. The van der Waals surface area contributed by atoms with Crippen molar-refractivity contribution < 1.29 is 0 Å². The van der Waals surface area contributed by atoms with Gasteiger partial charge in [-0.05, 0) is 61.1 Å². The number of nitrogens with zero attached hydrogens (tertiary/aromatic N) is 2. The third-order valence-corrected chi connectivity index (χ3v) is 5.33. The lowest BCUT2D eigenvalue weighted by Gasteiger charge is -2.14. The highest BCUT2D eigenvalue weighted by Crippen LogP contribution is 2.44. The summed E-state index contributed by atoms with van der Waals surface area (Å²) in [5.41, 5.74) is 5.21. The molecular weight excluding hydrogens is 276 g/mol. The van der Waals surface area contributed by atoms with E-state index in [9.17, 15) is 0 Å². The first-order valence-corrected chi connectivity index (χ1v) is 8.22. The third kappa shape index (κ3) is 2.28. The Kier molecular flexibility index (Phi) is 3.28. The summed E-state index contributed by atoms with van der Waals surface area (Å²) in [6.45, 7) is 0. The van der Waals surface area contributed by atoms with Crippen LogP contribution in [0.4, 0.5) is 0 Å². The van der Waals surface area contributed by atoms with Gasteiger partial charge in [-0.25, -0.2) is 0 Å². The Balaban J connectivity index is 1.92. The van der Waals surface area contributed by atoms with E-state index in [1.807, 2.05) is 35.9 Å². The van der Waals surface area contributed by atoms with Crippen LogP contribution in [0.3, 0.4) is 0 Å². The van der Waals surface area contributed by atoms with E-state index in [0.717, 1.165) is 11.4 Å². The van der Waals surface area contributed by atoms with Crippen LogP contribution in [0.1, 0.15) is 24.0 Å². The van der Waals surface area contributed by atoms with Gasteiger partial charge < -0.3 is 0 Å². The standard InChI is InChI=1S/C18H16N2S/c1-2-8-14-13(7-1)17(15-9-3-5-11-19-15)21-18(14)16-10-4-6-12-20-16/h3-6,9-12H,1-2,7-8H2. The van der Waals surface area contributed by atoms with E-state index in [4.69, 9.17) is 0 Å². The summed E-state index contributed by atoms with van der Waals surface area (Å²) in [5.74, 6) is 0. The molecule has 0 aliphatic heterocycles. The van der Waals surface area contributed by atoms with Gasteiger partial charge >= 0.3 is 0 Å². The van der Waals surface area contributed by atoms with Gasteiger partial charge in [0.2, 0.25) is 0 Å². The number of fused-ring (bicyclic) bond motifs is 1. The van der Waals surface area contributed by atoms with Crippen molar-refractivity contribution in [2.45, 2.75) is 25.7 Å². The SMILES string of the molecule is c1ccc(-c2sc(-c3ccccn3)c3c2CCCC3)nc1. The maximum atomic E-state index is 4.55. The molecule has 0 saturated carbocycles. The molecule has 1 aliphatic rings. The lowest BCUT2D eigenvalue weighted by atomic mass is 9.91. The van der Waals surface area contributed by atoms with E-state index in [-0.39, 0.29) is 0 Å². The summed E-state index contributed by atoms with van der Waals surface area (Å²) in [6, 6.07) is 12.3. The van der Waals surface area contributed by atoms with Crippen molar-refractivity contribution in [1.29, 1.82) is 0 Å². The molecule has 2 nitrogen and oxygen atoms in total. The van der Waals surface area contributed by atoms with Crippen molar-refractivity contribution in [2.24, 2.45) is 0 Å². The molecule has 0 spiro atoms. The summed E-state index contributed by atoms with van der Waals surface area (Å²) >= 11 is 1.86. The fraction of sp³-hybridized carbons (Fsp3) is 0.222. The van der Waals surface area contributed by atoms with Crippen molar-refractivity contribution in [2.75, 3.05) is 0 Å². The monoisotopic (exact) mass is 292 g/mol. The van der Waals surface area contributed by atoms with Gasteiger partial charge in [-0.1, -0.05) is 12.1 Å². The first-order chi connectivity index (χ1) is 10.4. The molecule has 4 rings (SSSR count). The van der Waals surface area contributed by atoms with E-state index in [1.165, 1.54) is 46.6 Å². The molecule has 0 bridgehead atoms. The van der Waals surface area contributed by atoms with Crippen LogP contribution in [0.2, 0.25) is 0 Å². The molecule has 104 valence electrons. The Morgan fingerprint density at radius 1 is 0.714 bits per heavy atom. The Labute approximate surface area is 128 Å².